The van der Waals surface area contributed by atoms with E-state index in [0.29, 0.717) is 17.7 Å². The molecule has 0 radical (unpaired) electrons. The summed E-state index contributed by atoms with van der Waals surface area (Å²) >= 11 is 0. The van der Waals surface area contributed by atoms with Gasteiger partial charge < -0.3 is 10.2 Å². The van der Waals surface area contributed by atoms with Crippen LogP contribution in [0.25, 0.3) is 0 Å². The van der Waals surface area contributed by atoms with Gasteiger partial charge in [0.05, 0.1) is 0 Å². The summed E-state index contributed by atoms with van der Waals surface area (Å²) in [5.74, 6) is -0.109. The number of nitrogens with one attached hydrogen (secondary N) is 1. The van der Waals surface area contributed by atoms with Crippen molar-refractivity contribution in [3.05, 3.63) is 65.2 Å². The normalized spacial score (nSPS) is 15.8. The summed E-state index contributed by atoms with van der Waals surface area (Å²) in [4.78, 5) is 26.9. The number of nitrogens with zero attached hydrogens (tertiary/aromatic N) is 1. The molecule has 1 unspecified atom stereocenters. The van der Waals surface area contributed by atoms with Crippen LogP contribution in [-0.4, -0.2) is 24.4 Å². The largest absolute Gasteiger partial charge is 0.352 e. The van der Waals surface area contributed by atoms with Crippen LogP contribution in [-0.2, 0) is 6.42 Å². The van der Waals surface area contributed by atoms with E-state index in [0.717, 1.165) is 24.9 Å². The first-order valence-corrected chi connectivity index (χ1v) is 8.91. The average molecular weight is 336 g/mol. The first-order valence-electron chi connectivity index (χ1n) is 8.91. The molecule has 0 bridgehead atoms. The second kappa shape index (κ2) is 7.51. The lowest BCUT2D eigenvalue weighted by Crippen LogP contribution is -2.35. The maximum Gasteiger partial charge on any atom is 0.258 e. The molecule has 0 aromatic heterocycles. The van der Waals surface area contributed by atoms with Gasteiger partial charge in [0, 0.05) is 29.4 Å². The third-order valence-corrected chi connectivity index (χ3v) is 4.64. The van der Waals surface area contributed by atoms with Gasteiger partial charge >= 0.3 is 0 Å². The summed E-state index contributed by atoms with van der Waals surface area (Å²) < 4.78 is 0. The molecule has 0 saturated carbocycles. The second-order valence-corrected chi connectivity index (χ2v) is 6.54. The molecule has 130 valence electrons. The molecule has 2 aromatic carbocycles. The van der Waals surface area contributed by atoms with Crippen LogP contribution in [0.4, 0.5) is 5.69 Å². The van der Waals surface area contributed by atoms with E-state index in [9.17, 15) is 9.59 Å². The number of carbonyl (C=O) groups excluding carboxylic acids is 2. The first kappa shape index (κ1) is 17.2. The van der Waals surface area contributed by atoms with Crippen LogP contribution in [0.5, 0.6) is 0 Å². The summed E-state index contributed by atoms with van der Waals surface area (Å²) in [6.07, 6.45) is 2.89. The highest BCUT2D eigenvalue weighted by Crippen LogP contribution is 2.33. The second-order valence-electron chi connectivity index (χ2n) is 6.54. The van der Waals surface area contributed by atoms with Crippen LogP contribution in [0.15, 0.2) is 48.5 Å². The van der Waals surface area contributed by atoms with Crippen LogP contribution in [0.2, 0.25) is 0 Å². The summed E-state index contributed by atoms with van der Waals surface area (Å²) in [6, 6.07) is 15.1. The van der Waals surface area contributed by atoms with Gasteiger partial charge in [-0.15, -0.1) is 0 Å². The van der Waals surface area contributed by atoms with E-state index in [1.54, 1.807) is 24.3 Å². The van der Waals surface area contributed by atoms with Gasteiger partial charge in [-0.2, -0.15) is 0 Å². The lowest BCUT2D eigenvalue weighted by atomic mass is 10.1. The van der Waals surface area contributed by atoms with Crippen molar-refractivity contribution in [2.45, 2.75) is 39.2 Å². The number of anilines is 1. The van der Waals surface area contributed by atoms with Crippen LogP contribution < -0.4 is 10.2 Å². The number of para-hydroxylation sites is 1. The van der Waals surface area contributed by atoms with Crippen molar-refractivity contribution >= 4 is 17.5 Å². The fraction of sp³-hybridized carbons (Fsp3) is 0.333. The highest BCUT2D eigenvalue weighted by molar-refractivity contribution is 6.08. The van der Waals surface area contributed by atoms with Crippen molar-refractivity contribution in [1.82, 2.24) is 5.32 Å². The molecule has 0 spiro atoms. The van der Waals surface area contributed by atoms with Crippen LogP contribution in [0, 0.1) is 0 Å². The van der Waals surface area contributed by atoms with Gasteiger partial charge in [0.15, 0.2) is 0 Å². The molecule has 3 rings (SSSR count). The van der Waals surface area contributed by atoms with Crippen molar-refractivity contribution in [2.75, 3.05) is 11.4 Å². The van der Waals surface area contributed by atoms with E-state index < -0.39 is 0 Å². The Hall–Kier alpha value is -2.62. The molecule has 1 aliphatic heterocycles. The van der Waals surface area contributed by atoms with E-state index >= 15 is 0 Å². The zero-order valence-electron chi connectivity index (χ0n) is 14.8. The van der Waals surface area contributed by atoms with Crippen LogP contribution in [0.1, 0.15) is 53.0 Å². The Morgan fingerprint density at radius 3 is 2.48 bits per heavy atom. The molecule has 4 heteroatoms. The Morgan fingerprint density at radius 2 is 1.76 bits per heavy atom. The van der Waals surface area contributed by atoms with Gasteiger partial charge in [-0.25, -0.2) is 0 Å². The Balaban J connectivity index is 1.74. The summed E-state index contributed by atoms with van der Waals surface area (Å²) in [5, 5.41) is 2.89. The topological polar surface area (TPSA) is 49.4 Å². The number of amides is 2. The number of rotatable bonds is 5. The number of fused-ring (bicyclic) bond motifs is 1. The molecule has 2 amide bonds. The number of carbonyl (C=O) groups is 2. The molecule has 0 aliphatic carbocycles. The fourth-order valence-electron chi connectivity index (χ4n) is 3.26. The highest BCUT2D eigenvalue weighted by atomic mass is 16.2. The van der Waals surface area contributed by atoms with Gasteiger partial charge in [0.2, 0.25) is 0 Å². The molecule has 0 fully saturated rings. The Bertz CT molecular complexity index is 768. The van der Waals surface area contributed by atoms with Gasteiger partial charge in [-0.05, 0) is 55.7 Å². The van der Waals surface area contributed by atoms with Gasteiger partial charge in [-0.1, -0.05) is 31.5 Å². The molecule has 1 atom stereocenters. The molecule has 1 N–H and O–H groups in total. The highest BCUT2D eigenvalue weighted by Gasteiger charge is 2.31. The summed E-state index contributed by atoms with van der Waals surface area (Å²) in [7, 11) is 0. The van der Waals surface area contributed by atoms with Gasteiger partial charge in [-0.3, -0.25) is 9.59 Å². The van der Waals surface area contributed by atoms with E-state index in [-0.39, 0.29) is 17.9 Å². The van der Waals surface area contributed by atoms with E-state index in [4.69, 9.17) is 0 Å². The lowest BCUT2D eigenvalue weighted by molar-refractivity contribution is 0.0949. The van der Waals surface area contributed by atoms with Crippen molar-refractivity contribution in [1.29, 1.82) is 0 Å². The third-order valence-electron chi connectivity index (χ3n) is 4.64. The van der Waals surface area contributed by atoms with Crippen molar-refractivity contribution in [3.63, 3.8) is 0 Å². The minimum absolute atomic E-state index is 0.0182. The summed E-state index contributed by atoms with van der Waals surface area (Å²) in [5.41, 5.74) is 3.38. The number of benzene rings is 2. The maximum atomic E-state index is 12.9. The quantitative estimate of drug-likeness (QED) is 0.844. The minimum atomic E-state index is -0.0904. The number of hydrogen-bond donors (Lipinski definition) is 1. The smallest absolute Gasteiger partial charge is 0.258 e. The number of unbranched alkanes of at least 4 members (excludes halogenated alkanes) is 1. The first-order chi connectivity index (χ1) is 12.1. The predicted octanol–water partition coefficient (Wildman–Crippen LogP) is 3.81. The van der Waals surface area contributed by atoms with Crippen molar-refractivity contribution < 1.29 is 9.59 Å². The van der Waals surface area contributed by atoms with Crippen LogP contribution in [0.3, 0.4) is 0 Å². The summed E-state index contributed by atoms with van der Waals surface area (Å²) in [6.45, 7) is 4.83. The SMILES string of the molecule is CCCCNC(=O)c1ccc(C(=O)N2c3ccccc3CC2C)cc1. The minimum Gasteiger partial charge on any atom is -0.352 e. The molecule has 25 heavy (non-hydrogen) atoms. The Kier molecular flexibility index (Phi) is 5.17. The lowest BCUT2D eigenvalue weighted by Gasteiger charge is -2.23. The average Bonchev–Trinajstić information content (AvgIpc) is 2.97. The van der Waals surface area contributed by atoms with E-state index in [1.807, 2.05) is 23.1 Å². The van der Waals surface area contributed by atoms with E-state index in [1.165, 1.54) is 5.56 Å². The molecular weight excluding hydrogens is 312 g/mol. The van der Waals surface area contributed by atoms with Gasteiger partial charge in [0.25, 0.3) is 11.8 Å². The standard InChI is InChI=1S/C21H24N2O2/c1-3-4-13-22-20(24)16-9-11-17(12-10-16)21(25)23-15(2)14-18-7-5-6-8-19(18)23/h5-12,15H,3-4,13-14H2,1-2H3,(H,22,24). The monoisotopic (exact) mass is 336 g/mol. The Morgan fingerprint density at radius 1 is 1.08 bits per heavy atom. The van der Waals surface area contributed by atoms with Gasteiger partial charge in [0.1, 0.15) is 0 Å². The maximum absolute atomic E-state index is 12.9. The fourth-order valence-corrected chi connectivity index (χ4v) is 3.26. The Labute approximate surface area is 148 Å². The third kappa shape index (κ3) is 3.58. The zero-order valence-corrected chi connectivity index (χ0v) is 14.8. The van der Waals surface area contributed by atoms with Crippen molar-refractivity contribution in [2.24, 2.45) is 0 Å². The number of hydrogen-bond acceptors (Lipinski definition) is 2. The van der Waals surface area contributed by atoms with Crippen molar-refractivity contribution in [3.8, 4) is 0 Å². The zero-order chi connectivity index (χ0) is 17.8. The molecule has 2 aromatic rings. The van der Waals surface area contributed by atoms with E-state index in [2.05, 4.69) is 25.2 Å². The molecule has 4 nitrogen and oxygen atoms in total. The molecule has 0 saturated heterocycles. The molecule has 1 heterocycles. The predicted molar refractivity (Wildman–Crippen MR) is 100 cm³/mol. The molecular formula is C21H24N2O2. The molecule has 1 aliphatic rings. The van der Waals surface area contributed by atoms with Crippen LogP contribution >= 0.6 is 0 Å².